The summed E-state index contributed by atoms with van der Waals surface area (Å²) in [6.45, 7) is 0. The van der Waals surface area contributed by atoms with Crippen LogP contribution in [0.15, 0.2) is 5.38 Å². The first kappa shape index (κ1) is 15.9. The van der Waals surface area contributed by atoms with Crippen LogP contribution in [-0.2, 0) is 4.74 Å². The molecule has 0 radical (unpaired) electrons. The fraction of sp³-hybridized carbons (Fsp3) is 0.714. The average Bonchev–Trinajstić information content (AvgIpc) is 2.75. The average molecular weight is 364 g/mol. The molecule has 0 aromatic carbocycles. The molecule has 4 aliphatic rings. The van der Waals surface area contributed by atoms with Gasteiger partial charge in [-0.3, -0.25) is 4.74 Å². The number of hydrogen-bond acceptors (Lipinski definition) is 5. The first-order chi connectivity index (χ1) is 11.2. The van der Waals surface area contributed by atoms with Gasteiger partial charge >= 0.3 is 12.5 Å². The molecule has 0 saturated heterocycles. The van der Waals surface area contributed by atoms with Gasteiger partial charge in [-0.15, -0.1) is 13.2 Å². The van der Waals surface area contributed by atoms with Crippen LogP contribution in [0.3, 0.4) is 0 Å². The van der Waals surface area contributed by atoms with Gasteiger partial charge in [-0.2, -0.15) is 0 Å². The lowest BCUT2D eigenvalue weighted by Gasteiger charge is -2.68. The van der Waals surface area contributed by atoms with E-state index in [2.05, 4.69) is 15.0 Å². The molecular formula is C14H15F3N2O4S. The number of halogens is 3. The van der Waals surface area contributed by atoms with Crippen LogP contribution in [0.5, 0.6) is 5.19 Å². The minimum Gasteiger partial charge on any atom is -0.465 e. The van der Waals surface area contributed by atoms with Crippen LogP contribution >= 0.6 is 11.3 Å². The van der Waals surface area contributed by atoms with Gasteiger partial charge < -0.3 is 15.2 Å². The predicted molar refractivity (Wildman–Crippen MR) is 76.1 cm³/mol. The SMILES string of the molecule is O=C(O)NC12CC(Oc3nc(C4CC(OC(F)(F)F)C4)cs3)(C1)C2. The Balaban J connectivity index is 1.27. The molecule has 1 aromatic rings. The first-order valence-corrected chi connectivity index (χ1v) is 8.44. The molecule has 2 bridgehead atoms. The summed E-state index contributed by atoms with van der Waals surface area (Å²) >= 11 is 1.32. The summed E-state index contributed by atoms with van der Waals surface area (Å²) in [4.78, 5) is 15.0. The monoisotopic (exact) mass is 364 g/mol. The van der Waals surface area contributed by atoms with Crippen molar-refractivity contribution in [1.82, 2.24) is 10.3 Å². The lowest BCUT2D eigenvalue weighted by molar-refractivity contribution is -0.351. The fourth-order valence-electron chi connectivity index (χ4n) is 3.94. The number of nitrogens with zero attached hydrogens (tertiary/aromatic N) is 1. The molecule has 4 saturated carbocycles. The van der Waals surface area contributed by atoms with E-state index >= 15 is 0 Å². The van der Waals surface area contributed by atoms with Gasteiger partial charge in [0.1, 0.15) is 5.60 Å². The maximum atomic E-state index is 12.1. The fourth-order valence-corrected chi connectivity index (χ4v) is 4.79. The van der Waals surface area contributed by atoms with Gasteiger partial charge in [0, 0.05) is 30.6 Å². The first-order valence-electron chi connectivity index (χ1n) is 7.56. The van der Waals surface area contributed by atoms with Gasteiger partial charge in [0.25, 0.3) is 5.19 Å². The third-order valence-electron chi connectivity index (χ3n) is 4.97. The minimum absolute atomic E-state index is 0.0287. The zero-order valence-electron chi connectivity index (χ0n) is 12.4. The van der Waals surface area contributed by atoms with Gasteiger partial charge in [-0.1, -0.05) is 11.3 Å². The zero-order valence-corrected chi connectivity index (χ0v) is 13.2. The standard InChI is InChI=1S/C14H15F3N2O4S/c15-14(16,17)22-8-1-7(2-8)9-3-24-11(18-9)23-13-4-12(5-13,6-13)19-10(20)21/h3,7-8,19H,1-2,4-6H2,(H,20,21). The van der Waals surface area contributed by atoms with E-state index in [0.29, 0.717) is 37.3 Å². The molecule has 0 aliphatic heterocycles. The van der Waals surface area contributed by atoms with E-state index < -0.39 is 18.6 Å². The summed E-state index contributed by atoms with van der Waals surface area (Å²) < 4.78 is 46.2. The van der Waals surface area contributed by atoms with Crippen molar-refractivity contribution in [3.63, 3.8) is 0 Å². The highest BCUT2D eigenvalue weighted by atomic mass is 32.1. The van der Waals surface area contributed by atoms with Crippen molar-refractivity contribution < 1.29 is 32.5 Å². The smallest absolute Gasteiger partial charge is 0.465 e. The third-order valence-corrected chi connectivity index (χ3v) is 5.71. The van der Waals surface area contributed by atoms with Crippen LogP contribution < -0.4 is 10.1 Å². The Morgan fingerprint density at radius 2 is 2.04 bits per heavy atom. The van der Waals surface area contributed by atoms with Crippen LogP contribution in [0.2, 0.25) is 0 Å². The van der Waals surface area contributed by atoms with Gasteiger partial charge in [-0.25, -0.2) is 9.78 Å². The Labute approximate surface area is 139 Å². The highest BCUT2D eigenvalue weighted by molar-refractivity contribution is 7.11. The lowest BCUT2D eigenvalue weighted by Crippen LogP contribution is -2.80. The molecule has 5 rings (SSSR count). The largest absolute Gasteiger partial charge is 0.522 e. The number of amides is 1. The Morgan fingerprint density at radius 3 is 2.62 bits per heavy atom. The van der Waals surface area contributed by atoms with Crippen molar-refractivity contribution in [3.8, 4) is 5.19 Å². The molecule has 0 unspecified atom stereocenters. The Kier molecular flexibility index (Phi) is 3.31. The highest BCUT2D eigenvalue weighted by Crippen LogP contribution is 2.62. The second-order valence-corrected chi connectivity index (χ2v) is 7.74. The molecule has 4 fully saturated rings. The van der Waals surface area contributed by atoms with Crippen LogP contribution in [-0.4, -0.2) is 39.8 Å². The maximum Gasteiger partial charge on any atom is 0.522 e. The molecule has 6 nitrogen and oxygen atoms in total. The van der Waals surface area contributed by atoms with Gasteiger partial charge in [0.2, 0.25) is 0 Å². The zero-order chi connectivity index (χ0) is 17.2. The summed E-state index contributed by atoms with van der Waals surface area (Å²) in [6.07, 6.45) is -3.90. The number of carbonyl (C=O) groups is 1. The number of hydrogen-bond donors (Lipinski definition) is 2. The lowest BCUT2D eigenvalue weighted by atomic mass is 9.46. The summed E-state index contributed by atoms with van der Waals surface area (Å²) in [5.41, 5.74) is 0.0586. The third kappa shape index (κ3) is 2.81. The summed E-state index contributed by atoms with van der Waals surface area (Å²) in [5, 5.41) is 13.6. The number of carboxylic acid groups (broad SMARTS) is 1. The van der Waals surface area contributed by atoms with Gasteiger partial charge in [0.15, 0.2) is 0 Å². The summed E-state index contributed by atoms with van der Waals surface area (Å²) in [5.74, 6) is -0.0287. The predicted octanol–water partition coefficient (Wildman–Crippen LogP) is 3.25. The maximum absolute atomic E-state index is 12.1. The quantitative estimate of drug-likeness (QED) is 0.838. The summed E-state index contributed by atoms with van der Waals surface area (Å²) in [7, 11) is 0. The number of rotatable bonds is 5. The van der Waals surface area contributed by atoms with Gasteiger partial charge in [-0.05, 0) is 12.8 Å². The van der Waals surface area contributed by atoms with E-state index in [-0.39, 0.29) is 17.1 Å². The van der Waals surface area contributed by atoms with Crippen molar-refractivity contribution in [1.29, 1.82) is 0 Å². The number of ether oxygens (including phenoxy) is 2. The second kappa shape index (κ2) is 4.98. The van der Waals surface area contributed by atoms with E-state index in [1.165, 1.54) is 11.3 Å². The molecule has 1 heterocycles. The molecule has 4 aliphatic carbocycles. The van der Waals surface area contributed by atoms with Crippen LogP contribution in [0.1, 0.15) is 43.7 Å². The molecule has 2 N–H and O–H groups in total. The van der Waals surface area contributed by atoms with Crippen LogP contribution in [0.25, 0.3) is 0 Å². The topological polar surface area (TPSA) is 80.7 Å². The molecule has 0 atom stereocenters. The number of aromatic nitrogens is 1. The number of nitrogens with one attached hydrogen (secondary N) is 1. The molecule has 132 valence electrons. The van der Waals surface area contributed by atoms with Crippen molar-refractivity contribution in [3.05, 3.63) is 11.1 Å². The van der Waals surface area contributed by atoms with Crippen molar-refractivity contribution in [2.24, 2.45) is 0 Å². The molecule has 1 amide bonds. The molecule has 0 spiro atoms. The Hall–Kier alpha value is -1.55. The van der Waals surface area contributed by atoms with Crippen LogP contribution in [0, 0.1) is 0 Å². The van der Waals surface area contributed by atoms with E-state index in [1.807, 2.05) is 0 Å². The number of alkyl halides is 3. The Morgan fingerprint density at radius 1 is 1.38 bits per heavy atom. The number of thiazole rings is 1. The normalized spacial score (nSPS) is 37.0. The van der Waals surface area contributed by atoms with E-state index in [4.69, 9.17) is 9.84 Å². The van der Waals surface area contributed by atoms with E-state index in [9.17, 15) is 18.0 Å². The van der Waals surface area contributed by atoms with E-state index in [0.717, 1.165) is 5.69 Å². The van der Waals surface area contributed by atoms with Gasteiger partial charge in [0.05, 0.1) is 17.3 Å². The molecule has 24 heavy (non-hydrogen) atoms. The molecule has 1 aromatic heterocycles. The van der Waals surface area contributed by atoms with Crippen molar-refractivity contribution in [2.75, 3.05) is 0 Å². The second-order valence-electron chi connectivity index (χ2n) is 6.92. The molecular weight excluding hydrogens is 349 g/mol. The van der Waals surface area contributed by atoms with E-state index in [1.54, 1.807) is 5.38 Å². The van der Waals surface area contributed by atoms with Crippen molar-refractivity contribution >= 4 is 17.4 Å². The summed E-state index contributed by atoms with van der Waals surface area (Å²) in [6, 6.07) is 0. The Bertz CT molecular complexity index is 651. The van der Waals surface area contributed by atoms with Crippen molar-refractivity contribution in [2.45, 2.75) is 61.6 Å². The minimum atomic E-state index is -4.59. The van der Waals surface area contributed by atoms with Crippen LogP contribution in [0.4, 0.5) is 18.0 Å². The highest BCUT2D eigenvalue weighted by Gasteiger charge is 2.71. The molecule has 10 heteroatoms.